The number of amides is 1. The predicted octanol–water partition coefficient (Wildman–Crippen LogP) is 1.41. The van der Waals surface area contributed by atoms with Crippen LogP contribution >= 0.6 is 0 Å². The van der Waals surface area contributed by atoms with Gasteiger partial charge in [-0.2, -0.15) is 0 Å². The topological polar surface area (TPSA) is 52.6 Å². The van der Waals surface area contributed by atoms with Crippen LogP contribution in [0, 0.1) is 18.8 Å². The molecule has 4 nitrogen and oxygen atoms in total. The number of carbonyl (C=O) groups excluding carboxylic acids is 1. The first kappa shape index (κ1) is 17.2. The molecule has 0 saturated heterocycles. The van der Waals surface area contributed by atoms with Gasteiger partial charge in [0.05, 0.1) is 6.61 Å². The minimum Gasteiger partial charge on any atom is -0.395 e. The number of hydrogen-bond acceptors (Lipinski definition) is 3. The molecule has 0 aromatic heterocycles. The highest BCUT2D eigenvalue weighted by Crippen LogP contribution is 2.09. The molecule has 0 bridgehead atoms. The first-order valence-corrected chi connectivity index (χ1v) is 7.17. The summed E-state index contributed by atoms with van der Waals surface area (Å²) in [4.78, 5) is 14.2. The predicted molar refractivity (Wildman–Crippen MR) is 85.3 cm³/mol. The summed E-state index contributed by atoms with van der Waals surface area (Å²) >= 11 is 0. The van der Waals surface area contributed by atoms with Gasteiger partial charge in [-0.15, -0.1) is 0 Å². The molecule has 1 aromatic carbocycles. The highest BCUT2D eigenvalue weighted by atomic mass is 16.2. The van der Waals surface area contributed by atoms with Crippen molar-refractivity contribution < 1.29 is 9.90 Å². The normalized spacial score (nSPS) is 10.1. The number of rotatable bonds is 6. The Kier molecular flexibility index (Phi) is 7.52. The molecule has 21 heavy (non-hydrogen) atoms. The van der Waals surface area contributed by atoms with E-state index in [1.165, 1.54) is 0 Å². The molecule has 0 radical (unpaired) electrons. The van der Waals surface area contributed by atoms with Crippen LogP contribution in [0.4, 0.5) is 0 Å². The second kappa shape index (κ2) is 9.17. The molecule has 0 saturated carbocycles. The Bertz CT molecular complexity index is 527. The van der Waals surface area contributed by atoms with Crippen LogP contribution in [0.3, 0.4) is 0 Å². The zero-order chi connectivity index (χ0) is 15.7. The Balaban J connectivity index is 2.65. The summed E-state index contributed by atoms with van der Waals surface area (Å²) in [5.74, 6) is 5.77. The molecule has 1 rings (SSSR count). The van der Waals surface area contributed by atoms with E-state index in [9.17, 15) is 4.79 Å². The Morgan fingerprint density at radius 1 is 1.33 bits per heavy atom. The van der Waals surface area contributed by atoms with Gasteiger partial charge >= 0.3 is 0 Å². The van der Waals surface area contributed by atoms with E-state index in [0.717, 1.165) is 24.1 Å². The summed E-state index contributed by atoms with van der Waals surface area (Å²) in [7, 11) is 4.03. The molecule has 0 fully saturated rings. The fraction of sp³-hybridized carbons (Fsp3) is 0.471. The van der Waals surface area contributed by atoms with Crippen LogP contribution in [-0.4, -0.2) is 49.7 Å². The summed E-state index contributed by atoms with van der Waals surface area (Å²) < 4.78 is 0. The smallest absolute Gasteiger partial charge is 0.251 e. The van der Waals surface area contributed by atoms with Gasteiger partial charge in [0, 0.05) is 24.1 Å². The van der Waals surface area contributed by atoms with E-state index in [4.69, 9.17) is 5.11 Å². The summed E-state index contributed by atoms with van der Waals surface area (Å²) in [6.45, 7) is 3.61. The summed E-state index contributed by atoms with van der Waals surface area (Å²) in [5, 5.41) is 11.7. The monoisotopic (exact) mass is 288 g/mol. The van der Waals surface area contributed by atoms with Crippen LogP contribution < -0.4 is 5.32 Å². The number of aryl methyl sites for hydroxylation is 1. The Morgan fingerprint density at radius 2 is 2.10 bits per heavy atom. The van der Waals surface area contributed by atoms with Crippen molar-refractivity contribution in [3.8, 4) is 11.8 Å². The van der Waals surface area contributed by atoms with E-state index < -0.39 is 0 Å². The van der Waals surface area contributed by atoms with Gasteiger partial charge in [0.15, 0.2) is 0 Å². The summed E-state index contributed by atoms with van der Waals surface area (Å²) in [6.07, 6.45) is 1.37. The Hall–Kier alpha value is -1.83. The molecule has 0 atom stereocenters. The summed E-state index contributed by atoms with van der Waals surface area (Å²) in [5.41, 5.74) is 2.44. The van der Waals surface area contributed by atoms with E-state index in [1.807, 2.05) is 33.2 Å². The van der Waals surface area contributed by atoms with Crippen molar-refractivity contribution in [2.24, 2.45) is 0 Å². The molecule has 114 valence electrons. The molecule has 4 heteroatoms. The maximum atomic E-state index is 12.1. The van der Waals surface area contributed by atoms with E-state index >= 15 is 0 Å². The van der Waals surface area contributed by atoms with Crippen molar-refractivity contribution in [2.45, 2.75) is 19.8 Å². The third-order valence-corrected chi connectivity index (χ3v) is 2.88. The lowest BCUT2D eigenvalue weighted by atomic mass is 10.1. The van der Waals surface area contributed by atoms with E-state index in [2.05, 4.69) is 22.1 Å². The minimum atomic E-state index is -0.0670. The Morgan fingerprint density at radius 3 is 2.76 bits per heavy atom. The van der Waals surface area contributed by atoms with Crippen LogP contribution in [0.1, 0.15) is 34.3 Å². The van der Waals surface area contributed by atoms with Gasteiger partial charge in [-0.1, -0.05) is 11.8 Å². The lowest BCUT2D eigenvalue weighted by molar-refractivity contribution is 0.0952. The zero-order valence-electron chi connectivity index (χ0n) is 13.1. The van der Waals surface area contributed by atoms with Crippen LogP contribution in [0.15, 0.2) is 18.2 Å². The average Bonchev–Trinajstić information content (AvgIpc) is 2.43. The van der Waals surface area contributed by atoms with E-state index in [-0.39, 0.29) is 12.5 Å². The van der Waals surface area contributed by atoms with Crippen molar-refractivity contribution in [1.82, 2.24) is 10.2 Å². The van der Waals surface area contributed by atoms with Crippen molar-refractivity contribution in [1.29, 1.82) is 0 Å². The average molecular weight is 288 g/mol. The van der Waals surface area contributed by atoms with Gasteiger partial charge in [0.2, 0.25) is 0 Å². The SMILES string of the molecule is Cc1cc(C#CCCO)cc(C(=O)NCCCN(C)C)c1. The third kappa shape index (κ3) is 6.94. The molecule has 0 spiro atoms. The number of carbonyl (C=O) groups is 1. The quantitative estimate of drug-likeness (QED) is 0.615. The second-order valence-corrected chi connectivity index (χ2v) is 5.28. The molecule has 0 unspecified atom stereocenters. The lowest BCUT2D eigenvalue weighted by Crippen LogP contribution is -2.27. The maximum Gasteiger partial charge on any atom is 0.251 e. The molecule has 2 N–H and O–H groups in total. The molecule has 1 amide bonds. The van der Waals surface area contributed by atoms with Crippen LogP contribution in [0.25, 0.3) is 0 Å². The summed E-state index contributed by atoms with van der Waals surface area (Å²) in [6, 6.07) is 5.59. The number of aliphatic hydroxyl groups excluding tert-OH is 1. The number of aliphatic hydroxyl groups is 1. The molecule has 0 aliphatic rings. The Labute approximate surface area is 127 Å². The number of benzene rings is 1. The highest BCUT2D eigenvalue weighted by molar-refractivity contribution is 5.94. The van der Waals surface area contributed by atoms with Crippen molar-refractivity contribution in [2.75, 3.05) is 33.8 Å². The maximum absolute atomic E-state index is 12.1. The third-order valence-electron chi connectivity index (χ3n) is 2.88. The van der Waals surface area contributed by atoms with Gasteiger partial charge < -0.3 is 15.3 Å². The van der Waals surface area contributed by atoms with E-state index in [0.29, 0.717) is 18.5 Å². The number of nitrogens with zero attached hydrogens (tertiary/aromatic N) is 1. The van der Waals surface area contributed by atoms with Gasteiger partial charge in [-0.25, -0.2) is 0 Å². The van der Waals surface area contributed by atoms with Gasteiger partial charge in [0.25, 0.3) is 5.91 Å². The van der Waals surface area contributed by atoms with Crippen LogP contribution in [-0.2, 0) is 0 Å². The first-order chi connectivity index (χ1) is 10.0. The largest absolute Gasteiger partial charge is 0.395 e. The zero-order valence-corrected chi connectivity index (χ0v) is 13.1. The standard InChI is InChI=1S/C17H24N2O2/c1-14-11-15(7-4-5-10-20)13-16(12-14)17(21)18-8-6-9-19(2)3/h11-13,20H,5-6,8-10H2,1-3H3,(H,18,21). The van der Waals surface area contributed by atoms with Gasteiger partial charge in [-0.05, 0) is 57.7 Å². The van der Waals surface area contributed by atoms with Gasteiger partial charge in [-0.3, -0.25) is 4.79 Å². The van der Waals surface area contributed by atoms with Crippen LogP contribution in [0.2, 0.25) is 0 Å². The highest BCUT2D eigenvalue weighted by Gasteiger charge is 2.06. The molecule has 0 aliphatic carbocycles. The van der Waals surface area contributed by atoms with Crippen molar-refractivity contribution >= 4 is 5.91 Å². The number of nitrogens with one attached hydrogen (secondary N) is 1. The van der Waals surface area contributed by atoms with Crippen molar-refractivity contribution in [3.05, 3.63) is 34.9 Å². The second-order valence-electron chi connectivity index (χ2n) is 5.28. The lowest BCUT2D eigenvalue weighted by Gasteiger charge is -2.10. The molecule has 0 heterocycles. The van der Waals surface area contributed by atoms with Crippen LogP contribution in [0.5, 0.6) is 0 Å². The molecule has 0 aliphatic heterocycles. The first-order valence-electron chi connectivity index (χ1n) is 7.17. The molecule has 1 aromatic rings. The minimum absolute atomic E-state index is 0.0536. The fourth-order valence-electron chi connectivity index (χ4n) is 1.91. The van der Waals surface area contributed by atoms with E-state index in [1.54, 1.807) is 6.07 Å². The number of hydrogen-bond donors (Lipinski definition) is 2. The fourth-order valence-corrected chi connectivity index (χ4v) is 1.91. The van der Waals surface area contributed by atoms with Gasteiger partial charge in [0.1, 0.15) is 0 Å². The van der Waals surface area contributed by atoms with Crippen molar-refractivity contribution in [3.63, 3.8) is 0 Å². The molecular formula is C17H24N2O2. The molecular weight excluding hydrogens is 264 g/mol.